The Morgan fingerprint density at radius 3 is 2.48 bits per heavy atom. The number of hydrogen-bond acceptors (Lipinski definition) is 4. The predicted octanol–water partition coefficient (Wildman–Crippen LogP) is 1.40. The first-order chi connectivity index (χ1) is 11.8. The molecule has 0 aliphatic rings. The molecule has 132 valence electrons. The highest BCUT2D eigenvalue weighted by Crippen LogP contribution is 2.18. The number of sulfonamides is 1. The second-order valence-electron chi connectivity index (χ2n) is 5.54. The highest BCUT2D eigenvalue weighted by atomic mass is 32.2. The Hall–Kier alpha value is -2.49. The third-order valence-electron chi connectivity index (χ3n) is 3.76. The van der Waals surface area contributed by atoms with Gasteiger partial charge in [0.05, 0.1) is 22.0 Å². The quantitative estimate of drug-likeness (QED) is 0.528. The van der Waals surface area contributed by atoms with Crippen molar-refractivity contribution in [1.82, 2.24) is 14.7 Å². The number of hydrogen-bond donors (Lipinski definition) is 4. The van der Waals surface area contributed by atoms with Crippen molar-refractivity contribution in [1.29, 1.82) is 0 Å². The maximum absolute atomic E-state index is 12.9. The van der Waals surface area contributed by atoms with Crippen LogP contribution in [0.1, 0.15) is 18.1 Å². The third kappa shape index (κ3) is 3.95. The molecule has 1 unspecified atom stereocenters. The SMILES string of the molecule is O=c1[nH]c2ccc(S(=O)(=O)NCCC(O)c3ccc(F)cc3)cc2[nH]1. The fraction of sp³-hybridized carbons (Fsp3) is 0.188. The molecule has 2 aromatic carbocycles. The smallest absolute Gasteiger partial charge is 0.323 e. The van der Waals surface area contributed by atoms with Crippen LogP contribution in [0.5, 0.6) is 0 Å². The number of rotatable bonds is 6. The molecular formula is C16H16FN3O4S. The number of nitrogens with one attached hydrogen (secondary N) is 3. The molecule has 0 fully saturated rings. The Morgan fingerprint density at radius 2 is 1.76 bits per heavy atom. The van der Waals surface area contributed by atoms with Gasteiger partial charge in [-0.1, -0.05) is 12.1 Å². The molecule has 0 bridgehead atoms. The molecule has 0 amide bonds. The maximum atomic E-state index is 12.9. The monoisotopic (exact) mass is 365 g/mol. The van der Waals surface area contributed by atoms with E-state index in [0.29, 0.717) is 16.6 Å². The number of aromatic nitrogens is 2. The maximum Gasteiger partial charge on any atom is 0.323 e. The van der Waals surface area contributed by atoms with Gasteiger partial charge in [-0.25, -0.2) is 22.3 Å². The molecule has 0 aliphatic carbocycles. The van der Waals surface area contributed by atoms with Gasteiger partial charge in [0.25, 0.3) is 0 Å². The minimum atomic E-state index is -3.78. The molecular weight excluding hydrogens is 349 g/mol. The highest BCUT2D eigenvalue weighted by molar-refractivity contribution is 7.89. The van der Waals surface area contributed by atoms with E-state index in [1.54, 1.807) is 0 Å². The molecule has 4 N–H and O–H groups in total. The van der Waals surface area contributed by atoms with Gasteiger partial charge in [-0.3, -0.25) is 0 Å². The molecule has 9 heteroatoms. The first-order valence-electron chi connectivity index (χ1n) is 7.50. The number of halogens is 1. The number of H-pyrrole nitrogens is 2. The minimum absolute atomic E-state index is 0.00255. The first kappa shape index (κ1) is 17.3. The summed E-state index contributed by atoms with van der Waals surface area (Å²) in [5, 5.41) is 10.0. The Bertz CT molecular complexity index is 1040. The van der Waals surface area contributed by atoms with Crippen LogP contribution in [-0.4, -0.2) is 30.0 Å². The Kier molecular flexibility index (Phi) is 4.71. The summed E-state index contributed by atoms with van der Waals surface area (Å²) in [6, 6.07) is 9.59. The van der Waals surface area contributed by atoms with E-state index in [-0.39, 0.29) is 17.9 Å². The van der Waals surface area contributed by atoms with Gasteiger partial charge in [-0.2, -0.15) is 0 Å². The van der Waals surface area contributed by atoms with Gasteiger partial charge in [0.2, 0.25) is 10.0 Å². The van der Waals surface area contributed by atoms with E-state index in [1.165, 1.54) is 42.5 Å². The Balaban J connectivity index is 1.66. The summed E-state index contributed by atoms with van der Waals surface area (Å²) in [5.41, 5.74) is 0.988. The molecule has 1 aromatic heterocycles. The van der Waals surface area contributed by atoms with Crippen LogP contribution in [0.25, 0.3) is 11.0 Å². The van der Waals surface area contributed by atoms with Gasteiger partial charge in [-0.05, 0) is 42.3 Å². The van der Waals surface area contributed by atoms with Crippen molar-refractivity contribution in [2.75, 3.05) is 6.54 Å². The summed E-state index contributed by atoms with van der Waals surface area (Å²) >= 11 is 0. The zero-order valence-electron chi connectivity index (χ0n) is 13.0. The predicted molar refractivity (Wildman–Crippen MR) is 90.1 cm³/mol. The summed E-state index contributed by atoms with van der Waals surface area (Å²) < 4.78 is 39.9. The summed E-state index contributed by atoms with van der Waals surface area (Å²) in [5.74, 6) is -0.408. The van der Waals surface area contributed by atoms with E-state index >= 15 is 0 Å². The molecule has 25 heavy (non-hydrogen) atoms. The molecule has 3 aromatic rings. The summed E-state index contributed by atoms with van der Waals surface area (Å²) in [4.78, 5) is 16.3. The van der Waals surface area contributed by atoms with Gasteiger partial charge >= 0.3 is 5.69 Å². The average Bonchev–Trinajstić information content (AvgIpc) is 2.94. The topological polar surface area (TPSA) is 115 Å². The van der Waals surface area contributed by atoms with Crippen LogP contribution in [-0.2, 0) is 10.0 Å². The van der Waals surface area contributed by atoms with Crippen molar-refractivity contribution in [2.45, 2.75) is 17.4 Å². The highest BCUT2D eigenvalue weighted by Gasteiger charge is 2.16. The van der Waals surface area contributed by atoms with Crippen LogP contribution in [0, 0.1) is 5.82 Å². The third-order valence-corrected chi connectivity index (χ3v) is 5.22. The van der Waals surface area contributed by atoms with Gasteiger partial charge in [0.1, 0.15) is 5.82 Å². The zero-order valence-corrected chi connectivity index (χ0v) is 13.8. The number of fused-ring (bicyclic) bond motifs is 1. The van der Waals surface area contributed by atoms with E-state index < -0.39 is 27.6 Å². The Labute approximate surface area is 142 Å². The lowest BCUT2D eigenvalue weighted by molar-refractivity contribution is 0.169. The second-order valence-corrected chi connectivity index (χ2v) is 7.31. The summed E-state index contributed by atoms with van der Waals surface area (Å²) in [6.07, 6.45) is -0.777. The van der Waals surface area contributed by atoms with Crippen molar-refractivity contribution in [3.63, 3.8) is 0 Å². The van der Waals surface area contributed by atoms with Gasteiger partial charge in [0.15, 0.2) is 0 Å². The number of aliphatic hydroxyl groups excluding tert-OH is 1. The molecule has 1 heterocycles. The normalized spacial score (nSPS) is 13.2. The number of aromatic amines is 2. The zero-order chi connectivity index (χ0) is 18.0. The van der Waals surface area contributed by atoms with E-state index in [9.17, 15) is 22.7 Å². The molecule has 7 nitrogen and oxygen atoms in total. The molecule has 0 saturated carbocycles. The summed E-state index contributed by atoms with van der Waals surface area (Å²) in [7, 11) is -3.78. The van der Waals surface area contributed by atoms with Crippen LogP contribution >= 0.6 is 0 Å². The minimum Gasteiger partial charge on any atom is -0.388 e. The average molecular weight is 365 g/mol. The molecule has 0 spiro atoms. The van der Waals surface area contributed by atoms with Crippen molar-refractivity contribution in [2.24, 2.45) is 0 Å². The van der Waals surface area contributed by atoms with Crippen molar-refractivity contribution >= 4 is 21.1 Å². The van der Waals surface area contributed by atoms with Crippen LogP contribution < -0.4 is 10.4 Å². The van der Waals surface area contributed by atoms with Crippen LogP contribution in [0.4, 0.5) is 4.39 Å². The second kappa shape index (κ2) is 6.79. The van der Waals surface area contributed by atoms with Gasteiger partial charge in [0, 0.05) is 6.54 Å². The largest absolute Gasteiger partial charge is 0.388 e. The van der Waals surface area contributed by atoms with E-state index in [0.717, 1.165) is 0 Å². The van der Waals surface area contributed by atoms with Crippen LogP contribution in [0.3, 0.4) is 0 Å². The first-order valence-corrected chi connectivity index (χ1v) is 8.99. The molecule has 1 atom stereocenters. The fourth-order valence-corrected chi connectivity index (χ4v) is 3.52. The molecule has 0 saturated heterocycles. The van der Waals surface area contributed by atoms with Crippen LogP contribution in [0.15, 0.2) is 52.2 Å². The lowest BCUT2D eigenvalue weighted by Crippen LogP contribution is -2.26. The van der Waals surface area contributed by atoms with Crippen molar-refractivity contribution < 1.29 is 17.9 Å². The van der Waals surface area contributed by atoms with E-state index in [2.05, 4.69) is 14.7 Å². The van der Waals surface area contributed by atoms with Crippen molar-refractivity contribution in [3.05, 3.63) is 64.3 Å². The number of imidazole rings is 1. The number of aliphatic hydroxyl groups is 1. The lowest BCUT2D eigenvalue weighted by atomic mass is 10.1. The molecule has 0 radical (unpaired) electrons. The van der Waals surface area contributed by atoms with Gasteiger partial charge in [-0.15, -0.1) is 0 Å². The van der Waals surface area contributed by atoms with Gasteiger partial charge < -0.3 is 15.1 Å². The van der Waals surface area contributed by atoms with E-state index in [4.69, 9.17) is 0 Å². The van der Waals surface area contributed by atoms with Crippen LogP contribution in [0.2, 0.25) is 0 Å². The van der Waals surface area contributed by atoms with Crippen molar-refractivity contribution in [3.8, 4) is 0 Å². The van der Waals surface area contributed by atoms with E-state index in [1.807, 2.05) is 0 Å². The fourth-order valence-electron chi connectivity index (χ4n) is 2.44. The Morgan fingerprint density at radius 1 is 1.08 bits per heavy atom. The standard InChI is InChI=1S/C16H16FN3O4S/c17-11-3-1-10(2-4-11)15(21)7-8-18-25(23,24)12-5-6-13-14(9-12)20-16(22)19-13/h1-6,9,15,18,21H,7-8H2,(H2,19,20,22). The summed E-state index contributed by atoms with van der Waals surface area (Å²) in [6.45, 7) is 0.00255. The number of benzene rings is 2. The lowest BCUT2D eigenvalue weighted by Gasteiger charge is -2.12. The molecule has 3 rings (SSSR count). The molecule has 0 aliphatic heterocycles.